The van der Waals surface area contributed by atoms with Gasteiger partial charge >= 0.3 is 12.0 Å². The summed E-state index contributed by atoms with van der Waals surface area (Å²) in [6.07, 6.45) is 7.85. The number of benzene rings is 1. The molecule has 1 aromatic rings. The van der Waals surface area contributed by atoms with Crippen molar-refractivity contribution in [1.29, 1.82) is 0 Å². The van der Waals surface area contributed by atoms with Gasteiger partial charge in [-0.1, -0.05) is 65.5 Å². The van der Waals surface area contributed by atoms with Crippen LogP contribution in [0.1, 0.15) is 111 Å². The Kier molecular flexibility index (Phi) is 8.52. The largest absolute Gasteiger partial charge is 0.424 e. The van der Waals surface area contributed by atoms with Crippen molar-refractivity contribution in [3.63, 3.8) is 0 Å². The summed E-state index contributed by atoms with van der Waals surface area (Å²) in [5.74, 6) is -0.442. The van der Waals surface area contributed by atoms with Crippen molar-refractivity contribution >= 4 is 11.4 Å². The van der Waals surface area contributed by atoms with Gasteiger partial charge in [0.25, 0.3) is 0 Å². The van der Waals surface area contributed by atoms with Gasteiger partial charge in [0.15, 0.2) is 0 Å². The van der Waals surface area contributed by atoms with E-state index < -0.39 is 23.7 Å². The molecule has 0 aromatic heterocycles. The van der Waals surface area contributed by atoms with E-state index in [0.717, 1.165) is 48.3 Å². The van der Waals surface area contributed by atoms with Crippen molar-refractivity contribution in [1.82, 2.24) is 0 Å². The normalized spacial score (nSPS) is 35.8. The number of hydrogen-bond donors (Lipinski definition) is 2. The van der Waals surface area contributed by atoms with E-state index in [1.165, 1.54) is 44.6 Å². The number of nitrogen functional groups attached to an aromatic ring is 2. The van der Waals surface area contributed by atoms with Gasteiger partial charge < -0.3 is 16.2 Å². The van der Waals surface area contributed by atoms with Crippen molar-refractivity contribution < 1.29 is 22.3 Å². The summed E-state index contributed by atoms with van der Waals surface area (Å²) >= 11 is 0. The highest BCUT2D eigenvalue weighted by molar-refractivity contribution is 5.55. The number of nitrogens with two attached hydrogens (primary N) is 2. The monoisotopic (exact) mass is 592 g/mol. The van der Waals surface area contributed by atoms with Crippen LogP contribution in [0.2, 0.25) is 0 Å². The molecule has 42 heavy (non-hydrogen) atoms. The second kappa shape index (κ2) is 11.3. The fraction of sp³-hybridized carbons (Fsp3) is 0.771. The average Bonchev–Trinajstić information content (AvgIpc) is 3.25. The molecular formula is C35H52F4N2O. The molecule has 0 heterocycles. The van der Waals surface area contributed by atoms with Gasteiger partial charge in [0.05, 0.1) is 6.10 Å². The Morgan fingerprint density at radius 1 is 0.905 bits per heavy atom. The Hall–Kier alpha value is -1.76. The van der Waals surface area contributed by atoms with Crippen LogP contribution in [-0.2, 0) is 10.7 Å². The molecule has 3 fully saturated rings. The van der Waals surface area contributed by atoms with E-state index in [9.17, 15) is 0 Å². The minimum atomic E-state index is -4.68. The van der Waals surface area contributed by atoms with Crippen LogP contribution in [0, 0.1) is 46.3 Å². The molecule has 0 saturated heterocycles. The maximum absolute atomic E-state index is 15.1. The molecule has 0 radical (unpaired) electrons. The second-order valence-corrected chi connectivity index (χ2v) is 15.3. The van der Waals surface area contributed by atoms with Crippen molar-refractivity contribution in [2.45, 2.75) is 123 Å². The molecule has 3 nitrogen and oxygen atoms in total. The first kappa shape index (κ1) is 31.7. The molecule has 0 spiro atoms. The van der Waals surface area contributed by atoms with E-state index >= 15 is 17.6 Å². The number of allylic oxidation sites excluding steroid dienone is 1. The number of fused-ring (bicyclic) bond motifs is 5. The number of halogens is 4. The summed E-state index contributed by atoms with van der Waals surface area (Å²) in [5.41, 5.74) is 11.5. The maximum atomic E-state index is 15.1. The molecule has 0 amide bonds. The lowest BCUT2D eigenvalue weighted by atomic mass is 9.47. The van der Waals surface area contributed by atoms with E-state index in [1.54, 1.807) is 0 Å². The van der Waals surface area contributed by atoms with Crippen LogP contribution in [0.4, 0.5) is 28.9 Å². The first-order valence-corrected chi connectivity index (χ1v) is 16.4. The van der Waals surface area contributed by atoms with Crippen LogP contribution in [0.3, 0.4) is 0 Å². The van der Waals surface area contributed by atoms with Crippen LogP contribution in [0.5, 0.6) is 0 Å². The number of rotatable bonds is 9. The van der Waals surface area contributed by atoms with Gasteiger partial charge in [-0.05, 0) is 116 Å². The standard InChI is InChI=1S/C35H52F4N2O/c1-21(2)7-6-8-22(3)29-11-12-30-28-10-9-23-19-27(13-15-32(23,4)31(28)14-16-33(29,30)5)42-35(38,39)34(36,37)24-17-25(40)20-26(41)18-24/h9,17-18,20-22,27-31H,6-8,10-16,19,40-41H2,1-5H3/t22-,27+,28+,29-,30+,31+,32+,33-/m1/s1. The average molecular weight is 593 g/mol. The topological polar surface area (TPSA) is 61.3 Å². The number of alkyl halides is 4. The number of ether oxygens (including phenoxy) is 1. The van der Waals surface area contributed by atoms with Gasteiger partial charge in [-0.3, -0.25) is 0 Å². The lowest BCUT2D eigenvalue weighted by Crippen LogP contribution is -2.51. The summed E-state index contributed by atoms with van der Waals surface area (Å²) in [6, 6.07) is 2.94. The molecule has 5 rings (SSSR count). The SMILES string of the molecule is CC(C)CCC[C@@H](C)[C@H]1CC[C@H]2[C@@H]3CC=C4C[C@@H](OC(F)(F)C(F)(F)c5cc(N)cc(N)c5)CC[C@]4(C)[C@H]3CC[C@]12C. The Morgan fingerprint density at radius 3 is 2.26 bits per heavy atom. The summed E-state index contributed by atoms with van der Waals surface area (Å²) < 4.78 is 65.2. The van der Waals surface area contributed by atoms with Crippen LogP contribution < -0.4 is 11.5 Å². The predicted octanol–water partition coefficient (Wildman–Crippen LogP) is 9.96. The molecule has 8 atom stereocenters. The molecule has 0 bridgehead atoms. The zero-order valence-electron chi connectivity index (χ0n) is 26.2. The van der Waals surface area contributed by atoms with Gasteiger partial charge in [0.2, 0.25) is 0 Å². The third-order valence-electron chi connectivity index (χ3n) is 12.3. The van der Waals surface area contributed by atoms with Gasteiger partial charge in [0.1, 0.15) is 0 Å². The molecule has 7 heteroatoms. The highest BCUT2D eigenvalue weighted by atomic mass is 19.3. The number of hydrogen-bond acceptors (Lipinski definition) is 3. The Labute approximate surface area is 250 Å². The van der Waals surface area contributed by atoms with Crippen molar-refractivity contribution in [2.75, 3.05) is 11.5 Å². The van der Waals surface area contributed by atoms with Crippen LogP contribution in [0.15, 0.2) is 29.8 Å². The summed E-state index contributed by atoms with van der Waals surface area (Å²) in [6.45, 7) is 12.0. The summed E-state index contributed by atoms with van der Waals surface area (Å²) in [4.78, 5) is 0. The van der Waals surface area contributed by atoms with Gasteiger partial charge in [0, 0.05) is 16.9 Å². The Morgan fingerprint density at radius 2 is 1.60 bits per heavy atom. The molecule has 4 aliphatic rings. The first-order chi connectivity index (χ1) is 19.6. The molecule has 0 unspecified atom stereocenters. The van der Waals surface area contributed by atoms with Gasteiger partial charge in [-0.2, -0.15) is 17.6 Å². The number of anilines is 2. The van der Waals surface area contributed by atoms with Crippen LogP contribution >= 0.6 is 0 Å². The summed E-state index contributed by atoms with van der Waals surface area (Å²) in [7, 11) is 0. The third kappa shape index (κ3) is 5.49. The first-order valence-electron chi connectivity index (χ1n) is 16.4. The fourth-order valence-corrected chi connectivity index (χ4v) is 10.1. The molecule has 4 N–H and O–H groups in total. The highest BCUT2D eigenvalue weighted by Crippen LogP contribution is 2.67. The predicted molar refractivity (Wildman–Crippen MR) is 162 cm³/mol. The molecular weight excluding hydrogens is 540 g/mol. The lowest BCUT2D eigenvalue weighted by molar-refractivity contribution is -0.369. The Balaban J connectivity index is 1.27. The lowest BCUT2D eigenvalue weighted by Gasteiger charge is -2.58. The van der Waals surface area contributed by atoms with Crippen molar-refractivity contribution in [2.24, 2.45) is 46.3 Å². The van der Waals surface area contributed by atoms with E-state index in [1.807, 2.05) is 0 Å². The van der Waals surface area contributed by atoms with E-state index in [0.29, 0.717) is 36.0 Å². The zero-order chi connectivity index (χ0) is 30.7. The molecule has 236 valence electrons. The molecule has 4 aliphatic carbocycles. The van der Waals surface area contributed by atoms with Gasteiger partial charge in [-0.25, -0.2) is 0 Å². The van der Waals surface area contributed by atoms with Crippen LogP contribution in [-0.4, -0.2) is 12.2 Å². The fourth-order valence-electron chi connectivity index (χ4n) is 10.1. The minimum absolute atomic E-state index is 0.0782. The highest BCUT2D eigenvalue weighted by Gasteiger charge is 2.62. The Bertz CT molecular complexity index is 1150. The smallest absolute Gasteiger partial charge is 0.399 e. The zero-order valence-corrected chi connectivity index (χ0v) is 26.2. The quantitative estimate of drug-likeness (QED) is 0.170. The van der Waals surface area contributed by atoms with Crippen molar-refractivity contribution in [3.8, 4) is 0 Å². The van der Waals surface area contributed by atoms with E-state index in [2.05, 4.69) is 40.7 Å². The molecule has 1 aromatic carbocycles. The minimum Gasteiger partial charge on any atom is -0.399 e. The van der Waals surface area contributed by atoms with E-state index in [4.69, 9.17) is 16.2 Å². The molecule has 3 saturated carbocycles. The maximum Gasteiger partial charge on any atom is 0.424 e. The van der Waals surface area contributed by atoms with E-state index in [-0.39, 0.29) is 23.2 Å². The molecule has 0 aliphatic heterocycles. The summed E-state index contributed by atoms with van der Waals surface area (Å²) in [5, 5.41) is 0. The van der Waals surface area contributed by atoms with Gasteiger partial charge in [-0.15, -0.1) is 0 Å². The van der Waals surface area contributed by atoms with Crippen molar-refractivity contribution in [3.05, 3.63) is 35.4 Å². The second-order valence-electron chi connectivity index (χ2n) is 15.3. The third-order valence-corrected chi connectivity index (χ3v) is 12.3. The van der Waals surface area contributed by atoms with Crippen LogP contribution in [0.25, 0.3) is 0 Å².